The molecule has 6 heteroatoms. The fourth-order valence-electron chi connectivity index (χ4n) is 1.44. The van der Waals surface area contributed by atoms with Gasteiger partial charge in [-0.25, -0.2) is 14.2 Å². The lowest BCUT2D eigenvalue weighted by atomic mass is 10.2. The van der Waals surface area contributed by atoms with Gasteiger partial charge in [-0.05, 0) is 52.7 Å². The summed E-state index contributed by atoms with van der Waals surface area (Å²) in [5, 5.41) is 9.58. The molecule has 0 radical (unpaired) electrons. The highest BCUT2D eigenvalue weighted by molar-refractivity contribution is 9.10. The van der Waals surface area contributed by atoms with E-state index in [1.807, 2.05) is 13.0 Å². The van der Waals surface area contributed by atoms with E-state index in [0.29, 0.717) is 9.92 Å². The third kappa shape index (κ3) is 3.33. The van der Waals surface area contributed by atoms with Crippen LogP contribution in [0.5, 0.6) is 0 Å². The number of aromatic carboxylic acids is 1. The Hall–Kier alpha value is -1.40. The van der Waals surface area contributed by atoms with Crippen LogP contribution in [-0.2, 0) is 0 Å². The van der Waals surface area contributed by atoms with Crippen molar-refractivity contribution in [1.82, 2.24) is 4.98 Å². The molecule has 0 amide bonds. The first kappa shape index (κ1) is 14.0. The summed E-state index contributed by atoms with van der Waals surface area (Å²) in [7, 11) is 0. The largest absolute Gasteiger partial charge is 0.478 e. The molecule has 0 aliphatic carbocycles. The first-order valence-electron chi connectivity index (χ1n) is 5.30. The molecule has 0 unspecified atom stereocenters. The van der Waals surface area contributed by atoms with Crippen LogP contribution in [0.15, 0.2) is 44.9 Å². The number of nitrogens with zero attached hydrogens (tertiary/aromatic N) is 1. The molecule has 0 atom stereocenters. The molecule has 0 aliphatic heterocycles. The van der Waals surface area contributed by atoms with Crippen molar-refractivity contribution < 1.29 is 14.3 Å². The molecule has 1 aromatic carbocycles. The van der Waals surface area contributed by atoms with Crippen molar-refractivity contribution in [3.05, 3.63) is 51.9 Å². The minimum atomic E-state index is -1.28. The van der Waals surface area contributed by atoms with E-state index >= 15 is 0 Å². The summed E-state index contributed by atoms with van der Waals surface area (Å²) in [4.78, 5) is 15.7. The predicted octanol–water partition coefficient (Wildman–Crippen LogP) is 4.14. The summed E-state index contributed by atoms with van der Waals surface area (Å²) < 4.78 is 14.1. The summed E-state index contributed by atoms with van der Waals surface area (Å²) in [5.74, 6) is -2.02. The van der Waals surface area contributed by atoms with Gasteiger partial charge in [-0.3, -0.25) is 0 Å². The van der Waals surface area contributed by atoms with E-state index in [1.54, 1.807) is 6.20 Å². The van der Waals surface area contributed by atoms with E-state index in [-0.39, 0.29) is 5.56 Å². The van der Waals surface area contributed by atoms with Crippen LogP contribution >= 0.6 is 27.7 Å². The van der Waals surface area contributed by atoms with Gasteiger partial charge in [-0.15, -0.1) is 0 Å². The first-order valence-corrected chi connectivity index (χ1v) is 6.91. The van der Waals surface area contributed by atoms with Crippen molar-refractivity contribution in [2.24, 2.45) is 0 Å². The highest BCUT2D eigenvalue weighted by Crippen LogP contribution is 2.32. The van der Waals surface area contributed by atoms with Crippen LogP contribution in [-0.4, -0.2) is 16.1 Å². The standard InChI is InChI=1S/C13H9BrFNO2S/c1-7-4-10(14)12(16-6-7)19-8-2-3-11(15)9(5-8)13(17)18/h2-6H,1H3,(H,17,18). The van der Waals surface area contributed by atoms with Crippen LogP contribution in [0.4, 0.5) is 4.39 Å². The van der Waals surface area contributed by atoms with Crippen molar-refractivity contribution in [2.75, 3.05) is 0 Å². The first-order chi connectivity index (χ1) is 8.97. The maximum Gasteiger partial charge on any atom is 0.338 e. The summed E-state index contributed by atoms with van der Waals surface area (Å²) in [6.07, 6.45) is 1.72. The molecule has 0 aliphatic rings. The lowest BCUT2D eigenvalue weighted by Gasteiger charge is -2.05. The minimum Gasteiger partial charge on any atom is -0.478 e. The number of hydrogen-bond acceptors (Lipinski definition) is 3. The summed E-state index contributed by atoms with van der Waals surface area (Å²) in [6.45, 7) is 1.92. The smallest absolute Gasteiger partial charge is 0.338 e. The topological polar surface area (TPSA) is 50.2 Å². The van der Waals surface area contributed by atoms with Gasteiger partial charge >= 0.3 is 5.97 Å². The van der Waals surface area contributed by atoms with Crippen LogP contribution in [0, 0.1) is 12.7 Å². The SMILES string of the molecule is Cc1cnc(Sc2ccc(F)c(C(=O)O)c2)c(Br)c1. The minimum absolute atomic E-state index is 0.340. The zero-order valence-electron chi connectivity index (χ0n) is 9.85. The highest BCUT2D eigenvalue weighted by atomic mass is 79.9. The molecular formula is C13H9BrFNO2S. The molecule has 1 N–H and O–H groups in total. The monoisotopic (exact) mass is 341 g/mol. The van der Waals surface area contributed by atoms with Crippen LogP contribution in [0.1, 0.15) is 15.9 Å². The van der Waals surface area contributed by atoms with E-state index in [0.717, 1.165) is 16.1 Å². The lowest BCUT2D eigenvalue weighted by Crippen LogP contribution is -2.00. The Morgan fingerprint density at radius 1 is 1.42 bits per heavy atom. The van der Waals surface area contributed by atoms with Gasteiger partial charge in [-0.2, -0.15) is 0 Å². The molecule has 0 bridgehead atoms. The van der Waals surface area contributed by atoms with Gasteiger partial charge in [0, 0.05) is 11.1 Å². The second-order valence-corrected chi connectivity index (χ2v) is 5.77. The average Bonchev–Trinajstić information content (AvgIpc) is 2.34. The van der Waals surface area contributed by atoms with E-state index in [4.69, 9.17) is 5.11 Å². The quantitative estimate of drug-likeness (QED) is 0.911. The Balaban J connectivity index is 2.33. The Morgan fingerprint density at radius 2 is 2.16 bits per heavy atom. The molecular weight excluding hydrogens is 333 g/mol. The molecule has 0 fully saturated rings. The Kier molecular flexibility index (Phi) is 4.21. The van der Waals surface area contributed by atoms with Crippen molar-refractivity contribution >= 4 is 33.7 Å². The fourth-order valence-corrected chi connectivity index (χ4v) is 2.94. The van der Waals surface area contributed by atoms with Crippen LogP contribution < -0.4 is 0 Å². The number of rotatable bonds is 3. The number of carbonyl (C=O) groups is 1. The number of pyridine rings is 1. The lowest BCUT2D eigenvalue weighted by molar-refractivity contribution is 0.0691. The number of aromatic nitrogens is 1. The maximum atomic E-state index is 13.3. The van der Waals surface area contributed by atoms with Gasteiger partial charge in [0.15, 0.2) is 0 Å². The van der Waals surface area contributed by atoms with E-state index in [9.17, 15) is 9.18 Å². The van der Waals surface area contributed by atoms with Gasteiger partial charge < -0.3 is 5.11 Å². The zero-order chi connectivity index (χ0) is 14.0. The second-order valence-electron chi connectivity index (χ2n) is 3.85. The molecule has 19 heavy (non-hydrogen) atoms. The predicted molar refractivity (Wildman–Crippen MR) is 74.2 cm³/mol. The summed E-state index contributed by atoms with van der Waals surface area (Å²) in [5.41, 5.74) is 0.676. The summed E-state index contributed by atoms with van der Waals surface area (Å²) in [6, 6.07) is 5.89. The number of carboxylic acids is 1. The van der Waals surface area contributed by atoms with Crippen molar-refractivity contribution in [3.8, 4) is 0 Å². The molecule has 98 valence electrons. The van der Waals surface area contributed by atoms with Gasteiger partial charge in [0.1, 0.15) is 10.8 Å². The molecule has 0 saturated heterocycles. The van der Waals surface area contributed by atoms with Crippen LogP contribution in [0.25, 0.3) is 0 Å². The number of halogens is 2. The molecule has 2 aromatic rings. The van der Waals surface area contributed by atoms with Gasteiger partial charge in [0.05, 0.1) is 10.0 Å². The van der Waals surface area contributed by atoms with Crippen molar-refractivity contribution in [3.63, 3.8) is 0 Å². The number of benzene rings is 1. The molecule has 0 spiro atoms. The Bertz CT molecular complexity index is 649. The second kappa shape index (κ2) is 5.71. The molecule has 3 nitrogen and oxygen atoms in total. The van der Waals surface area contributed by atoms with Crippen molar-refractivity contribution in [2.45, 2.75) is 16.8 Å². The molecule has 2 rings (SSSR count). The fraction of sp³-hybridized carbons (Fsp3) is 0.0769. The molecule has 1 aromatic heterocycles. The van der Waals surface area contributed by atoms with E-state index in [2.05, 4.69) is 20.9 Å². The number of aryl methyl sites for hydroxylation is 1. The highest BCUT2D eigenvalue weighted by Gasteiger charge is 2.12. The number of hydrogen-bond donors (Lipinski definition) is 1. The average molecular weight is 342 g/mol. The molecule has 0 saturated carbocycles. The zero-order valence-corrected chi connectivity index (χ0v) is 12.3. The maximum absolute atomic E-state index is 13.3. The van der Waals surface area contributed by atoms with Crippen molar-refractivity contribution in [1.29, 1.82) is 0 Å². The Labute approximate surface area is 122 Å². The third-order valence-corrected chi connectivity index (χ3v) is 4.20. The third-order valence-electron chi connectivity index (χ3n) is 2.33. The van der Waals surface area contributed by atoms with Gasteiger partial charge in [0.25, 0.3) is 0 Å². The van der Waals surface area contributed by atoms with E-state index in [1.165, 1.54) is 23.9 Å². The van der Waals surface area contributed by atoms with Crippen LogP contribution in [0.2, 0.25) is 0 Å². The normalized spacial score (nSPS) is 10.5. The number of carboxylic acid groups (broad SMARTS) is 1. The summed E-state index contributed by atoms with van der Waals surface area (Å²) >= 11 is 4.67. The molecule has 1 heterocycles. The van der Waals surface area contributed by atoms with Gasteiger partial charge in [0.2, 0.25) is 0 Å². The van der Waals surface area contributed by atoms with Gasteiger partial charge in [-0.1, -0.05) is 11.8 Å². The van der Waals surface area contributed by atoms with E-state index < -0.39 is 11.8 Å². The van der Waals surface area contributed by atoms with Crippen LogP contribution in [0.3, 0.4) is 0 Å². The Morgan fingerprint density at radius 3 is 2.79 bits per heavy atom.